The van der Waals surface area contributed by atoms with Crippen LogP contribution in [0, 0.1) is 19.3 Å². The first kappa shape index (κ1) is 16.8. The standard InChI is InChI=1S/C18H25N3O3/c1-12-7-13(2)9-14(8-12)21-17(23)20-11-15-10-18(16(22)24-15)3-5-19-6-4-18/h7-9,15,19H,3-6,10-11H2,1-2H3,(H2,20,21,23). The van der Waals surface area contributed by atoms with E-state index in [4.69, 9.17) is 4.74 Å². The largest absolute Gasteiger partial charge is 0.460 e. The Morgan fingerprint density at radius 2 is 1.92 bits per heavy atom. The summed E-state index contributed by atoms with van der Waals surface area (Å²) in [5, 5.41) is 8.91. The molecule has 2 fully saturated rings. The van der Waals surface area contributed by atoms with Crippen LogP contribution in [0.25, 0.3) is 0 Å². The van der Waals surface area contributed by atoms with Crippen molar-refractivity contribution in [3.8, 4) is 0 Å². The number of aryl methyl sites for hydroxylation is 2. The van der Waals surface area contributed by atoms with Gasteiger partial charge in [0.1, 0.15) is 6.10 Å². The van der Waals surface area contributed by atoms with E-state index < -0.39 is 0 Å². The Hall–Kier alpha value is -2.08. The van der Waals surface area contributed by atoms with Crippen molar-refractivity contribution in [2.75, 3.05) is 25.0 Å². The molecule has 6 heteroatoms. The maximum Gasteiger partial charge on any atom is 0.319 e. The maximum atomic E-state index is 12.2. The number of hydrogen-bond donors (Lipinski definition) is 3. The average molecular weight is 331 g/mol. The smallest absolute Gasteiger partial charge is 0.319 e. The molecule has 0 saturated carbocycles. The molecule has 1 aromatic carbocycles. The number of amides is 2. The van der Waals surface area contributed by atoms with Crippen LogP contribution < -0.4 is 16.0 Å². The molecule has 130 valence electrons. The quantitative estimate of drug-likeness (QED) is 0.741. The summed E-state index contributed by atoms with van der Waals surface area (Å²) in [6.07, 6.45) is 2.09. The molecular weight excluding hydrogens is 306 g/mol. The molecule has 0 aliphatic carbocycles. The molecular formula is C18H25N3O3. The third kappa shape index (κ3) is 3.70. The Morgan fingerprint density at radius 3 is 2.58 bits per heavy atom. The zero-order valence-electron chi connectivity index (χ0n) is 14.3. The first-order valence-corrected chi connectivity index (χ1v) is 8.52. The van der Waals surface area contributed by atoms with Crippen LogP contribution in [0.3, 0.4) is 0 Å². The summed E-state index contributed by atoms with van der Waals surface area (Å²) < 4.78 is 5.48. The van der Waals surface area contributed by atoms with Crippen molar-refractivity contribution in [1.82, 2.24) is 10.6 Å². The van der Waals surface area contributed by atoms with Crippen LogP contribution in [0.4, 0.5) is 10.5 Å². The number of piperidine rings is 1. The second-order valence-corrected chi connectivity index (χ2v) is 6.97. The number of carbonyl (C=O) groups is 2. The molecule has 1 aromatic rings. The number of cyclic esters (lactones) is 1. The first-order valence-electron chi connectivity index (χ1n) is 8.52. The molecule has 0 bridgehead atoms. The lowest BCUT2D eigenvalue weighted by molar-refractivity contribution is -0.149. The molecule has 1 spiro atoms. The summed E-state index contributed by atoms with van der Waals surface area (Å²) in [4.78, 5) is 24.3. The molecule has 0 radical (unpaired) electrons. The first-order chi connectivity index (χ1) is 11.5. The SMILES string of the molecule is Cc1cc(C)cc(NC(=O)NCC2CC3(CCNCC3)C(=O)O2)c1. The monoisotopic (exact) mass is 331 g/mol. The van der Waals surface area contributed by atoms with E-state index in [-0.39, 0.29) is 23.5 Å². The molecule has 24 heavy (non-hydrogen) atoms. The summed E-state index contributed by atoms with van der Waals surface area (Å²) >= 11 is 0. The number of benzene rings is 1. The second-order valence-electron chi connectivity index (χ2n) is 6.97. The van der Waals surface area contributed by atoms with Gasteiger partial charge in [-0.05, 0) is 63.0 Å². The normalized spacial score (nSPS) is 22.2. The Kier molecular flexibility index (Phi) is 4.76. The summed E-state index contributed by atoms with van der Waals surface area (Å²) in [5.74, 6) is -0.106. The number of esters is 1. The van der Waals surface area contributed by atoms with E-state index in [1.54, 1.807) is 0 Å². The van der Waals surface area contributed by atoms with Gasteiger partial charge in [0, 0.05) is 12.1 Å². The predicted molar refractivity (Wildman–Crippen MR) is 92.0 cm³/mol. The van der Waals surface area contributed by atoms with Crippen molar-refractivity contribution in [2.24, 2.45) is 5.41 Å². The fourth-order valence-corrected chi connectivity index (χ4v) is 3.69. The average Bonchev–Trinajstić information content (AvgIpc) is 2.81. The fraction of sp³-hybridized carbons (Fsp3) is 0.556. The van der Waals surface area contributed by atoms with Gasteiger partial charge in [0.25, 0.3) is 0 Å². The topological polar surface area (TPSA) is 79.5 Å². The Balaban J connectivity index is 1.51. The highest BCUT2D eigenvalue weighted by Crippen LogP contribution is 2.41. The minimum Gasteiger partial charge on any atom is -0.460 e. The lowest BCUT2D eigenvalue weighted by atomic mass is 9.76. The zero-order chi connectivity index (χ0) is 17.2. The van der Waals surface area contributed by atoms with Gasteiger partial charge in [-0.2, -0.15) is 0 Å². The van der Waals surface area contributed by atoms with Gasteiger partial charge >= 0.3 is 12.0 Å². The number of carbonyl (C=O) groups excluding carboxylic acids is 2. The summed E-state index contributed by atoms with van der Waals surface area (Å²) in [6, 6.07) is 5.63. The van der Waals surface area contributed by atoms with Gasteiger partial charge in [-0.15, -0.1) is 0 Å². The maximum absolute atomic E-state index is 12.2. The van der Waals surface area contributed by atoms with Gasteiger partial charge in [0.2, 0.25) is 0 Å². The predicted octanol–water partition coefficient (Wildman–Crippen LogP) is 2.11. The molecule has 2 aliphatic heterocycles. The van der Waals surface area contributed by atoms with Crippen molar-refractivity contribution in [1.29, 1.82) is 0 Å². The van der Waals surface area contributed by atoms with Gasteiger partial charge in [0.15, 0.2) is 0 Å². The highest BCUT2D eigenvalue weighted by Gasteiger charge is 2.49. The second kappa shape index (κ2) is 6.81. The highest BCUT2D eigenvalue weighted by atomic mass is 16.6. The molecule has 1 unspecified atom stereocenters. The number of urea groups is 1. The van der Waals surface area contributed by atoms with Crippen LogP contribution in [-0.2, 0) is 9.53 Å². The Bertz CT molecular complexity index is 618. The van der Waals surface area contributed by atoms with E-state index >= 15 is 0 Å². The Labute approximate surface area is 142 Å². The van der Waals surface area contributed by atoms with Crippen LogP contribution in [0.15, 0.2) is 18.2 Å². The summed E-state index contributed by atoms with van der Waals surface area (Å²) in [6.45, 7) is 6.03. The van der Waals surface area contributed by atoms with Gasteiger partial charge < -0.3 is 20.7 Å². The van der Waals surface area contributed by atoms with E-state index in [1.807, 2.05) is 26.0 Å². The van der Waals surface area contributed by atoms with E-state index in [0.29, 0.717) is 13.0 Å². The minimum atomic E-state index is -0.346. The number of rotatable bonds is 3. The van der Waals surface area contributed by atoms with Crippen LogP contribution in [-0.4, -0.2) is 37.7 Å². The van der Waals surface area contributed by atoms with Gasteiger partial charge in [-0.1, -0.05) is 6.07 Å². The summed E-state index contributed by atoms with van der Waals surface area (Å²) in [7, 11) is 0. The molecule has 2 aliphatic rings. The number of nitrogens with one attached hydrogen (secondary N) is 3. The van der Waals surface area contributed by atoms with Crippen molar-refractivity contribution < 1.29 is 14.3 Å². The third-order valence-electron chi connectivity index (χ3n) is 4.86. The third-order valence-corrected chi connectivity index (χ3v) is 4.86. The van der Waals surface area contributed by atoms with E-state index in [2.05, 4.69) is 22.0 Å². The number of anilines is 1. The van der Waals surface area contributed by atoms with Crippen molar-refractivity contribution in [3.05, 3.63) is 29.3 Å². The molecule has 0 aromatic heterocycles. The van der Waals surface area contributed by atoms with Crippen molar-refractivity contribution in [3.63, 3.8) is 0 Å². The number of ether oxygens (including phenoxy) is 1. The van der Waals surface area contributed by atoms with Crippen molar-refractivity contribution >= 4 is 17.7 Å². The van der Waals surface area contributed by atoms with Crippen molar-refractivity contribution in [2.45, 2.75) is 39.2 Å². The summed E-state index contributed by atoms with van der Waals surface area (Å²) in [5.41, 5.74) is 2.62. The molecule has 1 atom stereocenters. The molecule has 3 rings (SSSR count). The van der Waals surface area contributed by atoms with E-state index in [0.717, 1.165) is 42.7 Å². The molecule has 2 amide bonds. The molecule has 3 N–H and O–H groups in total. The number of hydrogen-bond acceptors (Lipinski definition) is 4. The lowest BCUT2D eigenvalue weighted by Crippen LogP contribution is -2.40. The Morgan fingerprint density at radius 1 is 1.25 bits per heavy atom. The van der Waals surface area contributed by atoms with Crippen LogP contribution in [0.2, 0.25) is 0 Å². The zero-order valence-corrected chi connectivity index (χ0v) is 14.3. The van der Waals surface area contributed by atoms with E-state index in [9.17, 15) is 9.59 Å². The minimum absolute atomic E-state index is 0.106. The van der Waals surface area contributed by atoms with Crippen LogP contribution >= 0.6 is 0 Å². The fourth-order valence-electron chi connectivity index (χ4n) is 3.69. The van der Waals surface area contributed by atoms with Gasteiger partial charge in [-0.3, -0.25) is 4.79 Å². The highest BCUT2D eigenvalue weighted by molar-refractivity contribution is 5.89. The van der Waals surface area contributed by atoms with Crippen LogP contribution in [0.5, 0.6) is 0 Å². The molecule has 2 saturated heterocycles. The lowest BCUT2D eigenvalue weighted by Gasteiger charge is -2.29. The molecule has 6 nitrogen and oxygen atoms in total. The van der Waals surface area contributed by atoms with Gasteiger partial charge in [0.05, 0.1) is 12.0 Å². The van der Waals surface area contributed by atoms with E-state index in [1.165, 1.54) is 0 Å². The molecule has 2 heterocycles. The van der Waals surface area contributed by atoms with Crippen LogP contribution in [0.1, 0.15) is 30.4 Å². The van der Waals surface area contributed by atoms with Gasteiger partial charge in [-0.25, -0.2) is 4.79 Å².